The van der Waals surface area contributed by atoms with Crippen molar-refractivity contribution >= 4 is 28.6 Å². The van der Waals surface area contributed by atoms with Gasteiger partial charge in [-0.2, -0.15) is 0 Å². The fourth-order valence-corrected chi connectivity index (χ4v) is 4.79. The first kappa shape index (κ1) is 28.6. The maximum absolute atomic E-state index is 15.0. The number of benzene rings is 2. The van der Waals surface area contributed by atoms with E-state index in [4.69, 9.17) is 25.6 Å². The summed E-state index contributed by atoms with van der Waals surface area (Å²) in [5.41, 5.74) is 10.7. The van der Waals surface area contributed by atoms with E-state index in [1.807, 2.05) is 39.0 Å². The van der Waals surface area contributed by atoms with Crippen molar-refractivity contribution in [2.75, 3.05) is 26.1 Å². The second-order valence-electron chi connectivity index (χ2n) is 9.16. The quantitative estimate of drug-likeness (QED) is 0.155. The van der Waals surface area contributed by atoms with E-state index in [0.717, 1.165) is 46.8 Å². The molecule has 1 saturated heterocycles. The number of nitrogens with zero attached hydrogens (tertiary/aromatic N) is 2. The SMILES string of the molecule is CC.COC(=O)c1ccc(Oc2nc(C3CCOCC3)c(-c3ccnc(C)c3)c3cc(C=N)c(N)cc23)c(F)c1. The first-order valence-corrected chi connectivity index (χ1v) is 13.2. The van der Waals surface area contributed by atoms with Crippen molar-refractivity contribution in [2.45, 2.75) is 39.5 Å². The summed E-state index contributed by atoms with van der Waals surface area (Å²) in [6, 6.07) is 11.3. The number of carbonyl (C=O) groups is 1. The molecule has 1 aliphatic heterocycles. The molecule has 40 heavy (non-hydrogen) atoms. The van der Waals surface area contributed by atoms with Gasteiger partial charge in [0, 0.05) is 59.4 Å². The van der Waals surface area contributed by atoms with Crippen molar-refractivity contribution in [3.05, 3.63) is 77.0 Å². The Bertz CT molecular complexity index is 1550. The molecule has 5 rings (SSSR count). The Hall–Kier alpha value is -4.37. The highest BCUT2D eigenvalue weighted by Gasteiger charge is 2.26. The van der Waals surface area contributed by atoms with Crippen molar-refractivity contribution in [1.29, 1.82) is 5.41 Å². The van der Waals surface area contributed by atoms with Gasteiger partial charge in [-0.15, -0.1) is 0 Å². The summed E-state index contributed by atoms with van der Waals surface area (Å²) in [6.45, 7) is 7.13. The molecule has 0 aliphatic carbocycles. The molecule has 4 aromatic rings. The number of carbonyl (C=O) groups excluding carboxylic acids is 1. The fraction of sp³-hybridized carbons (Fsp3) is 0.290. The van der Waals surface area contributed by atoms with Crippen LogP contribution >= 0.6 is 0 Å². The third-order valence-corrected chi connectivity index (χ3v) is 6.71. The van der Waals surface area contributed by atoms with Crippen LogP contribution in [0.15, 0.2) is 48.7 Å². The van der Waals surface area contributed by atoms with Crippen LogP contribution in [0.5, 0.6) is 11.6 Å². The summed E-state index contributed by atoms with van der Waals surface area (Å²) < 4.78 is 31.4. The number of nitrogens with two attached hydrogens (primary N) is 1. The Morgan fingerprint density at radius 2 is 1.88 bits per heavy atom. The van der Waals surface area contributed by atoms with Crippen molar-refractivity contribution in [3.8, 4) is 22.8 Å². The lowest BCUT2D eigenvalue weighted by Crippen LogP contribution is -2.16. The molecule has 8 nitrogen and oxygen atoms in total. The first-order valence-electron chi connectivity index (χ1n) is 13.2. The van der Waals surface area contributed by atoms with Crippen LogP contribution in [-0.4, -0.2) is 42.5 Å². The molecule has 3 heterocycles. The Balaban J connectivity index is 0.00000181. The Morgan fingerprint density at radius 1 is 1.12 bits per heavy atom. The summed E-state index contributed by atoms with van der Waals surface area (Å²) in [7, 11) is 1.23. The number of methoxy groups -OCH3 is 1. The number of halogens is 1. The number of esters is 1. The number of aromatic nitrogens is 2. The van der Waals surface area contributed by atoms with Crippen LogP contribution < -0.4 is 10.5 Å². The van der Waals surface area contributed by atoms with Gasteiger partial charge in [0.15, 0.2) is 11.6 Å². The number of aryl methyl sites for hydroxylation is 1. The standard InChI is InChI=1S/C29H27FN4O4.C2H6/c1-16-11-18(5-8-33-16)26-21-12-20(15-31)24(32)14-22(21)28(34-27(26)17-6-9-37-10-7-17)38-25-4-3-19(13-23(25)30)29(35)36-2;1-2/h3-5,8,11-15,17,31H,6-7,9-10,32H2,1-2H3;1-2H3. The molecule has 208 valence electrons. The number of nitrogens with one attached hydrogen (secondary N) is 1. The minimum absolute atomic E-state index is 0.0707. The molecule has 0 bridgehead atoms. The highest BCUT2D eigenvalue weighted by Crippen LogP contribution is 2.43. The third kappa shape index (κ3) is 5.79. The second-order valence-corrected chi connectivity index (χ2v) is 9.16. The lowest BCUT2D eigenvalue weighted by molar-refractivity contribution is 0.0600. The number of fused-ring (bicyclic) bond motifs is 1. The molecule has 2 aromatic heterocycles. The second kappa shape index (κ2) is 12.7. The molecule has 0 saturated carbocycles. The zero-order valence-corrected chi connectivity index (χ0v) is 23.1. The molecule has 1 fully saturated rings. The van der Waals surface area contributed by atoms with Crippen LogP contribution in [0.3, 0.4) is 0 Å². The van der Waals surface area contributed by atoms with Gasteiger partial charge in [-0.1, -0.05) is 13.8 Å². The number of hydrogen-bond donors (Lipinski definition) is 2. The van der Waals surface area contributed by atoms with E-state index in [9.17, 15) is 4.79 Å². The average Bonchev–Trinajstić information content (AvgIpc) is 2.98. The molecule has 0 radical (unpaired) electrons. The fourth-order valence-electron chi connectivity index (χ4n) is 4.79. The molecular formula is C31H33FN4O4. The Morgan fingerprint density at radius 3 is 2.52 bits per heavy atom. The number of nitrogen functional groups attached to an aromatic ring is 1. The number of ether oxygens (including phenoxy) is 3. The van der Waals surface area contributed by atoms with Gasteiger partial charge in [-0.05, 0) is 73.2 Å². The van der Waals surface area contributed by atoms with Gasteiger partial charge < -0.3 is 25.4 Å². The summed E-state index contributed by atoms with van der Waals surface area (Å²) in [4.78, 5) is 21.2. The number of rotatable bonds is 6. The van der Waals surface area contributed by atoms with Gasteiger partial charge >= 0.3 is 5.97 Å². The molecular weight excluding hydrogens is 511 g/mol. The van der Waals surface area contributed by atoms with Crippen LogP contribution in [0.1, 0.15) is 59.9 Å². The van der Waals surface area contributed by atoms with Gasteiger partial charge in [0.1, 0.15) is 0 Å². The predicted molar refractivity (Wildman–Crippen MR) is 154 cm³/mol. The number of hydrogen-bond acceptors (Lipinski definition) is 8. The summed E-state index contributed by atoms with van der Waals surface area (Å²) in [5, 5.41) is 9.24. The van der Waals surface area contributed by atoms with Crippen LogP contribution in [0, 0.1) is 18.2 Å². The van der Waals surface area contributed by atoms with Gasteiger partial charge in [0.05, 0.1) is 18.4 Å². The van der Waals surface area contributed by atoms with E-state index in [1.165, 1.54) is 25.5 Å². The van der Waals surface area contributed by atoms with Crippen molar-refractivity contribution in [1.82, 2.24) is 9.97 Å². The van der Waals surface area contributed by atoms with E-state index in [2.05, 4.69) is 9.72 Å². The minimum Gasteiger partial charge on any atom is -0.465 e. The van der Waals surface area contributed by atoms with E-state index in [1.54, 1.807) is 12.3 Å². The summed E-state index contributed by atoms with van der Waals surface area (Å²) in [5.74, 6) is -1.21. The third-order valence-electron chi connectivity index (χ3n) is 6.71. The largest absolute Gasteiger partial charge is 0.465 e. The lowest BCUT2D eigenvalue weighted by atomic mass is 9.87. The molecule has 0 spiro atoms. The van der Waals surface area contributed by atoms with E-state index < -0.39 is 11.8 Å². The highest BCUT2D eigenvalue weighted by molar-refractivity contribution is 6.05. The predicted octanol–water partition coefficient (Wildman–Crippen LogP) is 6.82. The van der Waals surface area contributed by atoms with Crippen LogP contribution in [0.4, 0.5) is 10.1 Å². The number of pyridine rings is 2. The monoisotopic (exact) mass is 544 g/mol. The van der Waals surface area contributed by atoms with Crippen LogP contribution in [-0.2, 0) is 9.47 Å². The molecule has 0 amide bonds. The molecule has 0 unspecified atom stereocenters. The van der Waals surface area contributed by atoms with Crippen molar-refractivity contribution < 1.29 is 23.4 Å². The van der Waals surface area contributed by atoms with Gasteiger partial charge in [0.25, 0.3) is 0 Å². The van der Waals surface area contributed by atoms with E-state index in [-0.39, 0.29) is 23.1 Å². The van der Waals surface area contributed by atoms with E-state index >= 15 is 4.39 Å². The zero-order chi connectivity index (χ0) is 28.8. The maximum Gasteiger partial charge on any atom is 0.337 e. The Kier molecular flexibility index (Phi) is 9.06. The molecule has 3 N–H and O–H groups in total. The molecule has 1 aliphatic rings. The number of anilines is 1. The normalized spacial score (nSPS) is 13.3. The van der Waals surface area contributed by atoms with Gasteiger partial charge in [0.2, 0.25) is 5.88 Å². The maximum atomic E-state index is 15.0. The van der Waals surface area contributed by atoms with Gasteiger partial charge in [-0.3, -0.25) is 4.98 Å². The van der Waals surface area contributed by atoms with E-state index in [0.29, 0.717) is 29.9 Å². The van der Waals surface area contributed by atoms with Crippen molar-refractivity contribution in [2.24, 2.45) is 0 Å². The highest BCUT2D eigenvalue weighted by atomic mass is 19.1. The lowest BCUT2D eigenvalue weighted by Gasteiger charge is -2.26. The van der Waals surface area contributed by atoms with Gasteiger partial charge in [-0.25, -0.2) is 14.2 Å². The van der Waals surface area contributed by atoms with Crippen LogP contribution in [0.25, 0.3) is 21.9 Å². The molecule has 0 atom stereocenters. The molecule has 9 heteroatoms. The zero-order valence-electron chi connectivity index (χ0n) is 23.1. The Labute approximate surface area is 232 Å². The first-order chi connectivity index (χ1) is 19.4. The van der Waals surface area contributed by atoms with Crippen LogP contribution in [0.2, 0.25) is 0 Å². The summed E-state index contributed by atoms with van der Waals surface area (Å²) >= 11 is 0. The van der Waals surface area contributed by atoms with Crippen molar-refractivity contribution in [3.63, 3.8) is 0 Å². The average molecular weight is 545 g/mol. The topological polar surface area (TPSA) is 120 Å². The molecule has 2 aromatic carbocycles. The smallest absolute Gasteiger partial charge is 0.337 e. The summed E-state index contributed by atoms with van der Waals surface area (Å²) in [6.07, 6.45) is 4.49. The minimum atomic E-state index is -0.728.